The lowest BCUT2D eigenvalue weighted by Crippen LogP contribution is -2.56. The molecule has 5 aliphatic carbocycles. The second-order valence-electron chi connectivity index (χ2n) is 9.97. The van der Waals surface area contributed by atoms with Crippen molar-refractivity contribution in [3.63, 3.8) is 0 Å². The topological polar surface area (TPSA) is 17.1 Å². The number of Topliss-reactive ketones (excluding diaryl/α,β-unsaturated/α-hetero) is 1. The molecule has 0 bridgehead atoms. The van der Waals surface area contributed by atoms with Gasteiger partial charge in [-0.1, -0.05) is 31.9 Å². The van der Waals surface area contributed by atoms with Crippen molar-refractivity contribution in [1.82, 2.24) is 0 Å². The third-order valence-electron chi connectivity index (χ3n) is 9.70. The Balaban J connectivity index is 1.52. The summed E-state index contributed by atoms with van der Waals surface area (Å²) in [4.78, 5) is 12.6. The molecule has 0 saturated heterocycles. The van der Waals surface area contributed by atoms with Gasteiger partial charge in [-0.3, -0.25) is 4.79 Å². The van der Waals surface area contributed by atoms with E-state index in [1.807, 2.05) is 0 Å². The lowest BCUT2D eigenvalue weighted by molar-refractivity contribution is -0.156. The van der Waals surface area contributed by atoms with Gasteiger partial charge in [0.05, 0.1) is 0 Å². The first-order valence-electron chi connectivity index (χ1n) is 10.2. The average molecular weight is 312 g/mol. The van der Waals surface area contributed by atoms with Gasteiger partial charge < -0.3 is 0 Å². The van der Waals surface area contributed by atoms with Gasteiger partial charge in [0, 0.05) is 11.8 Å². The molecule has 1 nitrogen and oxygen atoms in total. The van der Waals surface area contributed by atoms with Crippen molar-refractivity contribution in [1.29, 1.82) is 0 Å². The summed E-state index contributed by atoms with van der Waals surface area (Å²) in [5, 5.41) is 0. The minimum Gasteiger partial charge on any atom is -0.299 e. The number of fused-ring (bicyclic) bond motifs is 6. The highest BCUT2D eigenvalue weighted by Gasteiger charge is 2.68. The third-order valence-corrected chi connectivity index (χ3v) is 9.70. The number of allylic oxidation sites excluding steroid dienone is 2. The van der Waals surface area contributed by atoms with Gasteiger partial charge in [-0.05, 0) is 86.4 Å². The smallest absolute Gasteiger partial charge is 0.139 e. The fraction of sp³-hybridized carbons (Fsp3) is 0.864. The van der Waals surface area contributed by atoms with Crippen molar-refractivity contribution < 1.29 is 4.79 Å². The molecule has 1 spiro atoms. The van der Waals surface area contributed by atoms with Crippen molar-refractivity contribution in [2.45, 2.75) is 84.5 Å². The molecule has 126 valence electrons. The Labute approximate surface area is 141 Å². The first kappa shape index (κ1) is 14.7. The quantitative estimate of drug-likeness (QED) is 0.525. The molecule has 0 amide bonds. The first-order valence-corrected chi connectivity index (χ1v) is 10.2. The zero-order valence-corrected chi connectivity index (χ0v) is 15.0. The third kappa shape index (κ3) is 1.58. The lowest BCUT2D eigenvalue weighted by Gasteiger charge is -2.60. The Kier molecular flexibility index (Phi) is 2.90. The van der Waals surface area contributed by atoms with Crippen LogP contribution >= 0.6 is 0 Å². The van der Waals surface area contributed by atoms with Crippen LogP contribution in [-0.4, -0.2) is 5.78 Å². The normalized spacial score (nSPS) is 54.8. The Morgan fingerprint density at radius 3 is 2.52 bits per heavy atom. The summed E-state index contributed by atoms with van der Waals surface area (Å²) in [6.45, 7) is 5.11. The highest BCUT2D eigenvalue weighted by atomic mass is 16.1. The van der Waals surface area contributed by atoms with Crippen LogP contribution in [0.15, 0.2) is 11.6 Å². The van der Waals surface area contributed by atoms with Crippen molar-refractivity contribution >= 4 is 5.78 Å². The van der Waals surface area contributed by atoms with E-state index in [1.165, 1.54) is 64.2 Å². The molecule has 1 unspecified atom stereocenters. The van der Waals surface area contributed by atoms with Gasteiger partial charge in [0.2, 0.25) is 0 Å². The molecule has 0 radical (unpaired) electrons. The molecule has 1 heteroatoms. The van der Waals surface area contributed by atoms with Gasteiger partial charge in [-0.2, -0.15) is 0 Å². The largest absolute Gasteiger partial charge is 0.299 e. The van der Waals surface area contributed by atoms with Crippen LogP contribution in [0.4, 0.5) is 0 Å². The molecule has 0 N–H and O–H groups in total. The van der Waals surface area contributed by atoms with Crippen LogP contribution in [0.1, 0.15) is 84.5 Å². The van der Waals surface area contributed by atoms with Gasteiger partial charge in [0.1, 0.15) is 5.78 Å². The molecular formula is C22H32O. The molecule has 0 aromatic heterocycles. The predicted molar refractivity (Wildman–Crippen MR) is 93.0 cm³/mol. The monoisotopic (exact) mass is 312 g/mol. The number of hydrogen-bond donors (Lipinski definition) is 0. The van der Waals surface area contributed by atoms with E-state index in [9.17, 15) is 4.79 Å². The van der Waals surface area contributed by atoms with E-state index in [0.29, 0.717) is 16.6 Å². The number of carbonyl (C=O) groups excluding carboxylic acids is 1. The highest BCUT2D eigenvalue weighted by Crippen LogP contribution is 2.72. The fourth-order valence-electron chi connectivity index (χ4n) is 8.23. The molecular weight excluding hydrogens is 280 g/mol. The Bertz CT molecular complexity index is 589. The Hall–Kier alpha value is -0.590. The first-order chi connectivity index (χ1) is 11.0. The summed E-state index contributed by atoms with van der Waals surface area (Å²) in [7, 11) is 0. The van der Waals surface area contributed by atoms with Gasteiger partial charge in [0.15, 0.2) is 0 Å². The highest BCUT2D eigenvalue weighted by molar-refractivity contribution is 5.91. The lowest BCUT2D eigenvalue weighted by atomic mass is 9.43. The number of ketones is 1. The SMILES string of the molecule is C[C@]12CCCCC1=CC[C@@H]1[C@@H]2CC[C@@]2(C)[C@H]1CCC21CCC1=O. The zero-order chi connectivity index (χ0) is 15.9. The van der Waals surface area contributed by atoms with Crippen molar-refractivity contribution in [2.24, 2.45) is 34.0 Å². The van der Waals surface area contributed by atoms with Crippen LogP contribution in [0.25, 0.3) is 0 Å². The van der Waals surface area contributed by atoms with Crippen LogP contribution in [0, 0.1) is 34.0 Å². The van der Waals surface area contributed by atoms with Crippen molar-refractivity contribution in [2.75, 3.05) is 0 Å². The molecule has 4 fully saturated rings. The molecule has 4 saturated carbocycles. The summed E-state index contributed by atoms with van der Waals surface area (Å²) in [6, 6.07) is 0. The van der Waals surface area contributed by atoms with Crippen molar-refractivity contribution in [3.8, 4) is 0 Å². The van der Waals surface area contributed by atoms with E-state index >= 15 is 0 Å². The summed E-state index contributed by atoms with van der Waals surface area (Å²) in [5.41, 5.74) is 2.75. The van der Waals surface area contributed by atoms with E-state index in [4.69, 9.17) is 0 Å². The maximum absolute atomic E-state index is 12.6. The summed E-state index contributed by atoms with van der Waals surface area (Å²) >= 11 is 0. The molecule has 0 aromatic carbocycles. The average Bonchev–Trinajstić information content (AvgIpc) is 2.88. The second-order valence-corrected chi connectivity index (χ2v) is 9.97. The van der Waals surface area contributed by atoms with E-state index < -0.39 is 0 Å². The number of rotatable bonds is 0. The minimum atomic E-state index is 0.111. The molecule has 23 heavy (non-hydrogen) atoms. The van der Waals surface area contributed by atoms with Gasteiger partial charge in [-0.25, -0.2) is 0 Å². The maximum Gasteiger partial charge on any atom is 0.139 e. The molecule has 5 aliphatic rings. The summed E-state index contributed by atoms with van der Waals surface area (Å²) < 4.78 is 0. The molecule has 0 heterocycles. The van der Waals surface area contributed by atoms with E-state index in [-0.39, 0.29) is 5.41 Å². The molecule has 0 aromatic rings. The fourth-order valence-corrected chi connectivity index (χ4v) is 8.23. The standard InChI is InChI=1S/C22H32O/c1-20-11-4-3-5-15(20)6-7-16-17(20)8-12-21(2)18(16)9-13-22(21)14-10-19(22)23/h6,16-18H,3-5,7-14H2,1-2H3/t16-,17+,18+,20+,21+,22?/m1/s1. The number of carbonyl (C=O) groups is 1. The molecule has 5 rings (SSSR count). The Morgan fingerprint density at radius 1 is 0.957 bits per heavy atom. The van der Waals surface area contributed by atoms with Gasteiger partial charge in [-0.15, -0.1) is 0 Å². The van der Waals surface area contributed by atoms with Crippen LogP contribution in [0.3, 0.4) is 0 Å². The molecule has 6 atom stereocenters. The minimum absolute atomic E-state index is 0.111. The number of hydrogen-bond acceptors (Lipinski definition) is 1. The molecule has 0 aliphatic heterocycles. The van der Waals surface area contributed by atoms with Gasteiger partial charge >= 0.3 is 0 Å². The van der Waals surface area contributed by atoms with Crippen LogP contribution in [-0.2, 0) is 4.79 Å². The predicted octanol–water partition coefficient (Wildman–Crippen LogP) is 5.69. The Morgan fingerprint density at radius 2 is 1.78 bits per heavy atom. The van der Waals surface area contributed by atoms with Crippen molar-refractivity contribution in [3.05, 3.63) is 11.6 Å². The summed E-state index contributed by atoms with van der Waals surface area (Å²) in [6.07, 6.45) is 16.9. The zero-order valence-electron chi connectivity index (χ0n) is 15.0. The van der Waals surface area contributed by atoms with Crippen LogP contribution in [0.5, 0.6) is 0 Å². The summed E-state index contributed by atoms with van der Waals surface area (Å²) in [5.74, 6) is 3.22. The van der Waals surface area contributed by atoms with E-state index in [0.717, 1.165) is 24.2 Å². The van der Waals surface area contributed by atoms with Crippen LogP contribution < -0.4 is 0 Å². The van der Waals surface area contributed by atoms with E-state index in [1.54, 1.807) is 5.57 Å². The van der Waals surface area contributed by atoms with Gasteiger partial charge in [0.25, 0.3) is 0 Å². The maximum atomic E-state index is 12.6. The van der Waals surface area contributed by atoms with Crippen LogP contribution in [0.2, 0.25) is 0 Å². The van der Waals surface area contributed by atoms with E-state index in [2.05, 4.69) is 19.9 Å². The second kappa shape index (κ2) is 4.52.